The number of hydrogen-bond acceptors (Lipinski definition) is 7. The second-order valence-corrected chi connectivity index (χ2v) is 10.8. The summed E-state index contributed by atoms with van der Waals surface area (Å²) < 4.78 is 14.5. The van der Waals surface area contributed by atoms with E-state index >= 15 is 0 Å². The second-order valence-electron chi connectivity index (χ2n) is 10.3. The molecule has 2 aliphatic rings. The standard InChI is InChI=1S/C29H33ClN6O2/c1-29(10-5-11-29)38-28-25-27(32-20-33-28)36(19-21-6-3-2-4-7-21)26(34-25)23-9-8-22(18-24(23)30)37-17-16-35-14-12-31-13-15-35/h2-4,6-9,18,20,31H,5,10-17,19H2,1H3. The van der Waals surface area contributed by atoms with Crippen LogP contribution in [-0.2, 0) is 6.54 Å². The normalized spacial score (nSPS) is 17.3. The SMILES string of the molecule is CC1(Oc2ncnc3c2nc(-c2ccc(OCCN4CCNCC4)cc2Cl)n3Cc2ccccc2)CCC1. The van der Waals surface area contributed by atoms with Crippen LogP contribution in [0.2, 0.25) is 5.02 Å². The number of rotatable bonds is 9. The molecule has 0 radical (unpaired) electrons. The van der Waals surface area contributed by atoms with Crippen molar-refractivity contribution in [3.63, 3.8) is 0 Å². The van der Waals surface area contributed by atoms with E-state index < -0.39 is 0 Å². The summed E-state index contributed by atoms with van der Waals surface area (Å²) in [4.78, 5) is 16.5. The maximum absolute atomic E-state index is 6.85. The molecule has 9 heteroatoms. The molecule has 4 aromatic rings. The number of aromatic nitrogens is 4. The molecule has 2 fully saturated rings. The van der Waals surface area contributed by atoms with Crippen molar-refractivity contribution >= 4 is 22.8 Å². The number of benzene rings is 2. The summed E-state index contributed by atoms with van der Waals surface area (Å²) in [5.74, 6) is 2.00. The molecular formula is C29H33ClN6O2. The van der Waals surface area contributed by atoms with Crippen LogP contribution in [0.25, 0.3) is 22.6 Å². The van der Waals surface area contributed by atoms with Crippen molar-refractivity contribution in [3.8, 4) is 23.0 Å². The van der Waals surface area contributed by atoms with Crippen LogP contribution in [0.5, 0.6) is 11.6 Å². The molecule has 2 aromatic heterocycles. The smallest absolute Gasteiger partial charge is 0.245 e. The predicted octanol–water partition coefficient (Wildman–Crippen LogP) is 4.80. The Morgan fingerprint density at radius 1 is 1.05 bits per heavy atom. The van der Waals surface area contributed by atoms with E-state index in [1.165, 1.54) is 0 Å². The Labute approximate surface area is 228 Å². The molecule has 6 rings (SSSR count). The van der Waals surface area contributed by atoms with E-state index in [-0.39, 0.29) is 5.60 Å². The van der Waals surface area contributed by atoms with Gasteiger partial charge in [0.1, 0.15) is 30.1 Å². The number of fused-ring (bicyclic) bond motifs is 1. The van der Waals surface area contributed by atoms with Gasteiger partial charge >= 0.3 is 0 Å². The molecule has 3 heterocycles. The first-order valence-corrected chi connectivity index (χ1v) is 13.8. The van der Waals surface area contributed by atoms with Gasteiger partial charge in [0.2, 0.25) is 5.88 Å². The number of nitrogens with one attached hydrogen (secondary N) is 1. The van der Waals surface area contributed by atoms with Gasteiger partial charge in [-0.3, -0.25) is 4.90 Å². The molecule has 8 nitrogen and oxygen atoms in total. The van der Waals surface area contributed by atoms with Crippen LogP contribution >= 0.6 is 11.6 Å². The van der Waals surface area contributed by atoms with Crippen molar-refractivity contribution in [3.05, 3.63) is 65.4 Å². The molecule has 1 aliphatic heterocycles. The van der Waals surface area contributed by atoms with E-state index in [0.29, 0.717) is 29.6 Å². The average molecular weight is 533 g/mol. The summed E-state index contributed by atoms with van der Waals surface area (Å²) in [6.07, 6.45) is 4.75. The van der Waals surface area contributed by atoms with Gasteiger partial charge in [-0.1, -0.05) is 41.9 Å². The van der Waals surface area contributed by atoms with Crippen molar-refractivity contribution in [2.75, 3.05) is 39.3 Å². The van der Waals surface area contributed by atoms with Gasteiger partial charge in [-0.15, -0.1) is 0 Å². The highest BCUT2D eigenvalue weighted by Crippen LogP contribution is 2.39. The Morgan fingerprint density at radius 2 is 1.87 bits per heavy atom. The Morgan fingerprint density at radius 3 is 2.61 bits per heavy atom. The van der Waals surface area contributed by atoms with Gasteiger partial charge in [0.15, 0.2) is 11.2 Å². The van der Waals surface area contributed by atoms with Crippen molar-refractivity contribution in [2.24, 2.45) is 0 Å². The van der Waals surface area contributed by atoms with E-state index in [4.69, 9.17) is 26.1 Å². The largest absolute Gasteiger partial charge is 0.492 e. The number of ether oxygens (including phenoxy) is 2. The third-order valence-corrected chi connectivity index (χ3v) is 7.82. The predicted molar refractivity (Wildman–Crippen MR) is 149 cm³/mol. The zero-order valence-corrected chi connectivity index (χ0v) is 22.5. The molecule has 0 amide bonds. The third kappa shape index (κ3) is 5.34. The molecule has 1 N–H and O–H groups in total. The van der Waals surface area contributed by atoms with Crippen molar-refractivity contribution in [1.29, 1.82) is 0 Å². The maximum Gasteiger partial charge on any atom is 0.245 e. The second kappa shape index (κ2) is 10.9. The lowest BCUT2D eigenvalue weighted by molar-refractivity contribution is 0.00848. The van der Waals surface area contributed by atoms with Crippen LogP contribution in [0.15, 0.2) is 54.9 Å². The van der Waals surface area contributed by atoms with Crippen LogP contribution in [0.4, 0.5) is 0 Å². The highest BCUT2D eigenvalue weighted by Gasteiger charge is 2.35. The average Bonchev–Trinajstić information content (AvgIpc) is 3.28. The Bertz CT molecular complexity index is 1400. The minimum absolute atomic E-state index is 0.202. The molecule has 0 bridgehead atoms. The lowest BCUT2D eigenvalue weighted by Crippen LogP contribution is -2.44. The first-order valence-electron chi connectivity index (χ1n) is 13.4. The van der Waals surface area contributed by atoms with Crippen LogP contribution in [-0.4, -0.2) is 69.4 Å². The summed E-state index contributed by atoms with van der Waals surface area (Å²) in [5, 5.41) is 3.96. The Hall–Kier alpha value is -3.20. The number of nitrogens with zero attached hydrogens (tertiary/aromatic N) is 5. The van der Waals surface area contributed by atoms with E-state index in [0.717, 1.165) is 80.3 Å². The van der Waals surface area contributed by atoms with Crippen LogP contribution in [0.1, 0.15) is 31.7 Å². The molecule has 1 saturated carbocycles. The van der Waals surface area contributed by atoms with Crippen LogP contribution in [0.3, 0.4) is 0 Å². The molecule has 2 aromatic carbocycles. The first-order chi connectivity index (χ1) is 18.6. The van der Waals surface area contributed by atoms with Gasteiger partial charge in [0.05, 0.1) is 11.6 Å². The molecule has 0 atom stereocenters. The molecule has 38 heavy (non-hydrogen) atoms. The van der Waals surface area contributed by atoms with Gasteiger partial charge in [-0.05, 0) is 49.9 Å². The van der Waals surface area contributed by atoms with E-state index in [1.54, 1.807) is 6.33 Å². The molecule has 1 saturated heterocycles. The maximum atomic E-state index is 6.85. The molecular weight excluding hydrogens is 500 g/mol. The molecule has 0 unspecified atom stereocenters. The van der Waals surface area contributed by atoms with Gasteiger partial charge in [-0.25, -0.2) is 9.97 Å². The minimum atomic E-state index is -0.202. The Kier molecular flexibility index (Phi) is 7.19. The molecule has 0 spiro atoms. The summed E-state index contributed by atoms with van der Waals surface area (Å²) >= 11 is 6.85. The monoisotopic (exact) mass is 532 g/mol. The fraction of sp³-hybridized carbons (Fsp3) is 0.414. The summed E-state index contributed by atoms with van der Waals surface area (Å²) in [5.41, 5.74) is 3.13. The Balaban J connectivity index is 1.31. The number of piperazine rings is 1. The number of hydrogen-bond donors (Lipinski definition) is 1. The van der Waals surface area contributed by atoms with Gasteiger partial charge in [-0.2, -0.15) is 4.98 Å². The minimum Gasteiger partial charge on any atom is -0.492 e. The summed E-state index contributed by atoms with van der Waals surface area (Å²) in [6, 6.07) is 16.1. The van der Waals surface area contributed by atoms with E-state index in [2.05, 4.69) is 43.8 Å². The molecule has 198 valence electrons. The lowest BCUT2D eigenvalue weighted by Gasteiger charge is -2.37. The van der Waals surface area contributed by atoms with Crippen molar-refractivity contribution < 1.29 is 9.47 Å². The van der Waals surface area contributed by atoms with Crippen molar-refractivity contribution in [2.45, 2.75) is 38.3 Å². The zero-order valence-electron chi connectivity index (χ0n) is 21.7. The lowest BCUT2D eigenvalue weighted by atomic mass is 9.82. The highest BCUT2D eigenvalue weighted by molar-refractivity contribution is 6.33. The highest BCUT2D eigenvalue weighted by atomic mass is 35.5. The summed E-state index contributed by atoms with van der Waals surface area (Å²) in [6.45, 7) is 8.40. The zero-order chi connectivity index (χ0) is 26.0. The third-order valence-electron chi connectivity index (χ3n) is 7.50. The first kappa shape index (κ1) is 25.1. The van der Waals surface area contributed by atoms with Gasteiger partial charge in [0.25, 0.3) is 0 Å². The fourth-order valence-corrected chi connectivity index (χ4v) is 5.37. The fourth-order valence-electron chi connectivity index (χ4n) is 5.12. The van der Waals surface area contributed by atoms with Crippen LogP contribution in [0, 0.1) is 0 Å². The van der Waals surface area contributed by atoms with Crippen molar-refractivity contribution in [1.82, 2.24) is 29.7 Å². The van der Waals surface area contributed by atoms with Gasteiger partial charge in [0, 0.05) is 38.3 Å². The molecule has 1 aliphatic carbocycles. The summed E-state index contributed by atoms with van der Waals surface area (Å²) in [7, 11) is 0. The van der Waals surface area contributed by atoms with Crippen LogP contribution < -0.4 is 14.8 Å². The van der Waals surface area contributed by atoms with E-state index in [9.17, 15) is 0 Å². The van der Waals surface area contributed by atoms with Gasteiger partial charge < -0.3 is 19.4 Å². The van der Waals surface area contributed by atoms with E-state index in [1.807, 2.05) is 36.4 Å². The number of halogens is 1. The number of imidazole rings is 1. The quantitative estimate of drug-likeness (QED) is 0.332. The topological polar surface area (TPSA) is 77.3 Å².